The summed E-state index contributed by atoms with van der Waals surface area (Å²) in [5.41, 5.74) is 3.16. The van der Waals surface area contributed by atoms with Gasteiger partial charge in [0.25, 0.3) is 11.5 Å². The Labute approximate surface area is 152 Å². The molecule has 0 bridgehead atoms. The number of hydrogen-bond acceptors (Lipinski definition) is 4. The predicted molar refractivity (Wildman–Crippen MR) is 97.2 cm³/mol. The van der Waals surface area contributed by atoms with Crippen LogP contribution < -0.4 is 10.9 Å². The van der Waals surface area contributed by atoms with Crippen LogP contribution in [0, 0.1) is 5.92 Å². The lowest BCUT2D eigenvalue weighted by atomic mass is 9.94. The molecule has 3 heterocycles. The van der Waals surface area contributed by atoms with Crippen LogP contribution in [-0.2, 0) is 24.0 Å². The minimum absolute atomic E-state index is 0.0916. The van der Waals surface area contributed by atoms with Gasteiger partial charge in [-0.15, -0.1) is 0 Å². The first-order valence-electron chi connectivity index (χ1n) is 9.23. The van der Waals surface area contributed by atoms with E-state index in [-0.39, 0.29) is 29.0 Å². The van der Waals surface area contributed by atoms with Crippen molar-refractivity contribution in [1.29, 1.82) is 0 Å². The van der Waals surface area contributed by atoms with Crippen molar-refractivity contribution in [1.82, 2.24) is 15.3 Å². The summed E-state index contributed by atoms with van der Waals surface area (Å²) in [7, 11) is 0. The number of carbonyl (C=O) groups excluding carboxylic acids is 1. The number of fused-ring (bicyclic) bond motifs is 1. The highest BCUT2D eigenvalue weighted by Gasteiger charge is 2.30. The lowest BCUT2D eigenvalue weighted by molar-refractivity contribution is 0.0923. The SMILES string of the molecule is O=C(N[C@@H]1COC[C@H]1Cc1ccncc1)c1cc2c([nH]c1=O)CCCC2. The summed E-state index contributed by atoms with van der Waals surface area (Å²) < 4.78 is 5.58. The van der Waals surface area contributed by atoms with Crippen molar-refractivity contribution in [2.75, 3.05) is 13.2 Å². The van der Waals surface area contributed by atoms with Gasteiger partial charge in [0.05, 0.1) is 19.3 Å². The van der Waals surface area contributed by atoms with Gasteiger partial charge in [-0.05, 0) is 61.4 Å². The molecule has 6 nitrogen and oxygen atoms in total. The summed E-state index contributed by atoms with van der Waals surface area (Å²) in [6.45, 7) is 1.08. The number of aromatic amines is 1. The molecule has 26 heavy (non-hydrogen) atoms. The Kier molecular flexibility index (Phi) is 4.84. The Morgan fingerprint density at radius 2 is 2.04 bits per heavy atom. The van der Waals surface area contributed by atoms with Crippen LogP contribution in [0.2, 0.25) is 0 Å². The van der Waals surface area contributed by atoms with Gasteiger partial charge in [0, 0.05) is 24.0 Å². The number of hydrogen-bond donors (Lipinski definition) is 2. The average Bonchev–Trinajstić information content (AvgIpc) is 3.08. The van der Waals surface area contributed by atoms with Crippen molar-refractivity contribution in [3.05, 3.63) is 63.3 Å². The predicted octanol–water partition coefficient (Wildman–Crippen LogP) is 1.64. The maximum Gasteiger partial charge on any atom is 0.261 e. The first kappa shape index (κ1) is 17.0. The van der Waals surface area contributed by atoms with Gasteiger partial charge in [-0.3, -0.25) is 14.6 Å². The Morgan fingerprint density at radius 3 is 2.88 bits per heavy atom. The van der Waals surface area contributed by atoms with Crippen LogP contribution in [0.4, 0.5) is 0 Å². The maximum absolute atomic E-state index is 12.7. The summed E-state index contributed by atoms with van der Waals surface area (Å²) in [4.78, 5) is 32.0. The number of nitrogens with one attached hydrogen (secondary N) is 2. The normalized spacial score (nSPS) is 22.0. The molecule has 0 radical (unpaired) electrons. The first-order chi connectivity index (χ1) is 12.7. The van der Waals surface area contributed by atoms with Gasteiger partial charge in [-0.2, -0.15) is 0 Å². The Balaban J connectivity index is 1.48. The molecular formula is C20H23N3O3. The van der Waals surface area contributed by atoms with Crippen molar-refractivity contribution >= 4 is 5.91 Å². The molecule has 1 saturated heterocycles. The van der Waals surface area contributed by atoms with Gasteiger partial charge >= 0.3 is 0 Å². The Bertz CT molecular complexity index is 847. The molecule has 1 aliphatic heterocycles. The summed E-state index contributed by atoms with van der Waals surface area (Å²) in [5.74, 6) is -0.118. The smallest absolute Gasteiger partial charge is 0.261 e. The van der Waals surface area contributed by atoms with Crippen molar-refractivity contribution in [3.8, 4) is 0 Å². The molecule has 0 aromatic carbocycles. The quantitative estimate of drug-likeness (QED) is 0.875. The lowest BCUT2D eigenvalue weighted by Crippen LogP contribution is -2.42. The zero-order chi connectivity index (χ0) is 17.9. The Morgan fingerprint density at radius 1 is 1.23 bits per heavy atom. The second-order valence-electron chi connectivity index (χ2n) is 7.16. The molecule has 2 aromatic heterocycles. The summed E-state index contributed by atoms with van der Waals surface area (Å²) >= 11 is 0. The second-order valence-corrected chi connectivity index (χ2v) is 7.16. The highest BCUT2D eigenvalue weighted by Crippen LogP contribution is 2.21. The molecule has 1 amide bonds. The van der Waals surface area contributed by atoms with E-state index in [1.807, 2.05) is 12.1 Å². The highest BCUT2D eigenvalue weighted by molar-refractivity contribution is 5.94. The number of amides is 1. The molecular weight excluding hydrogens is 330 g/mol. The van der Waals surface area contributed by atoms with Crippen LogP contribution in [-0.4, -0.2) is 35.1 Å². The van der Waals surface area contributed by atoms with Crippen LogP contribution in [0.3, 0.4) is 0 Å². The molecule has 1 aliphatic carbocycles. The van der Waals surface area contributed by atoms with Crippen molar-refractivity contribution in [2.45, 2.75) is 38.1 Å². The molecule has 4 rings (SSSR count). The number of aromatic nitrogens is 2. The van der Waals surface area contributed by atoms with Crippen LogP contribution >= 0.6 is 0 Å². The average molecular weight is 353 g/mol. The van der Waals surface area contributed by atoms with Crippen molar-refractivity contribution < 1.29 is 9.53 Å². The van der Waals surface area contributed by atoms with Gasteiger partial charge in [0.15, 0.2) is 0 Å². The van der Waals surface area contributed by atoms with E-state index in [1.54, 1.807) is 18.5 Å². The largest absolute Gasteiger partial charge is 0.379 e. The van der Waals surface area contributed by atoms with Crippen LogP contribution in [0.15, 0.2) is 35.4 Å². The molecule has 2 N–H and O–H groups in total. The minimum Gasteiger partial charge on any atom is -0.379 e. The molecule has 2 aromatic rings. The van der Waals surface area contributed by atoms with Gasteiger partial charge in [0.1, 0.15) is 5.56 Å². The third-order valence-electron chi connectivity index (χ3n) is 5.34. The molecule has 1 fully saturated rings. The zero-order valence-electron chi connectivity index (χ0n) is 14.7. The van der Waals surface area contributed by atoms with Crippen molar-refractivity contribution in [2.24, 2.45) is 5.92 Å². The Hall–Kier alpha value is -2.47. The zero-order valence-corrected chi connectivity index (χ0v) is 14.7. The molecule has 136 valence electrons. The molecule has 6 heteroatoms. The second kappa shape index (κ2) is 7.41. The van der Waals surface area contributed by atoms with E-state index in [0.29, 0.717) is 13.2 Å². The number of pyridine rings is 2. The summed E-state index contributed by atoms with van der Waals surface area (Å²) in [6.07, 6.45) is 8.35. The fourth-order valence-electron chi connectivity index (χ4n) is 3.87. The maximum atomic E-state index is 12.7. The number of aryl methyl sites for hydroxylation is 2. The highest BCUT2D eigenvalue weighted by atomic mass is 16.5. The third-order valence-corrected chi connectivity index (χ3v) is 5.34. The van der Waals surface area contributed by atoms with Gasteiger partial charge in [-0.1, -0.05) is 0 Å². The lowest BCUT2D eigenvalue weighted by Gasteiger charge is -2.20. The number of ether oxygens (including phenoxy) is 1. The van der Waals surface area contributed by atoms with Gasteiger partial charge < -0.3 is 15.0 Å². The van der Waals surface area contributed by atoms with E-state index in [0.717, 1.165) is 43.4 Å². The number of carbonyl (C=O) groups is 1. The summed E-state index contributed by atoms with van der Waals surface area (Å²) in [6, 6.07) is 5.64. The molecule has 0 spiro atoms. The van der Waals surface area contributed by atoms with E-state index in [1.165, 1.54) is 5.56 Å². The molecule has 0 saturated carbocycles. The fourth-order valence-corrected chi connectivity index (χ4v) is 3.87. The molecule has 2 aliphatic rings. The van der Waals surface area contributed by atoms with Gasteiger partial charge in [0.2, 0.25) is 0 Å². The monoisotopic (exact) mass is 353 g/mol. The number of rotatable bonds is 4. The van der Waals surface area contributed by atoms with E-state index < -0.39 is 0 Å². The molecule has 0 unspecified atom stereocenters. The summed E-state index contributed by atoms with van der Waals surface area (Å²) in [5, 5.41) is 3.01. The van der Waals surface area contributed by atoms with E-state index in [4.69, 9.17) is 4.74 Å². The van der Waals surface area contributed by atoms with Gasteiger partial charge in [-0.25, -0.2) is 0 Å². The van der Waals surface area contributed by atoms with Crippen LogP contribution in [0.1, 0.15) is 40.0 Å². The van der Waals surface area contributed by atoms with Crippen LogP contribution in [0.5, 0.6) is 0 Å². The van der Waals surface area contributed by atoms with E-state index >= 15 is 0 Å². The van der Waals surface area contributed by atoms with Crippen molar-refractivity contribution in [3.63, 3.8) is 0 Å². The van der Waals surface area contributed by atoms with Crippen LogP contribution in [0.25, 0.3) is 0 Å². The standard InChI is InChI=1S/C20H23N3O3/c24-19-16(10-14-3-1-2-4-17(14)22-19)20(25)23-18-12-26-11-15(18)9-13-5-7-21-8-6-13/h5-8,10,15,18H,1-4,9,11-12H2,(H,22,24)(H,23,25)/t15-,18-/m1/s1. The molecule has 2 atom stereocenters. The number of nitrogens with zero attached hydrogens (tertiary/aromatic N) is 1. The minimum atomic E-state index is -0.310. The topological polar surface area (TPSA) is 84.1 Å². The fraction of sp³-hybridized carbons (Fsp3) is 0.450. The number of H-pyrrole nitrogens is 1. The third kappa shape index (κ3) is 3.55. The van der Waals surface area contributed by atoms with E-state index in [2.05, 4.69) is 15.3 Å². The first-order valence-corrected chi connectivity index (χ1v) is 9.23. The van der Waals surface area contributed by atoms with E-state index in [9.17, 15) is 9.59 Å².